The van der Waals surface area contributed by atoms with Gasteiger partial charge < -0.3 is 0 Å². The molecule has 1 heterocycles. The molecule has 1 aliphatic rings. The molecule has 5 heteroatoms. The van der Waals surface area contributed by atoms with Crippen LogP contribution in [0.25, 0.3) is 0 Å². The van der Waals surface area contributed by atoms with Crippen LogP contribution < -0.4 is 0 Å². The van der Waals surface area contributed by atoms with Crippen molar-refractivity contribution >= 4 is 33.3 Å². The van der Waals surface area contributed by atoms with Crippen molar-refractivity contribution in [3.05, 3.63) is 25.8 Å². The first kappa shape index (κ1) is 10.2. The summed E-state index contributed by atoms with van der Waals surface area (Å²) in [6.45, 7) is 1.94. The first-order chi connectivity index (χ1) is 5.81. The Bertz CT molecular complexity index is 247. The van der Waals surface area contributed by atoms with Gasteiger partial charge in [-0.25, -0.2) is 0 Å². The van der Waals surface area contributed by atoms with Crippen LogP contribution in [0, 0.1) is 4.91 Å². The van der Waals surface area contributed by atoms with E-state index in [-0.39, 0.29) is 0 Å². The lowest BCUT2D eigenvalue weighted by Crippen LogP contribution is -1.76. The molecular formula is C7H9NOS3. The molecule has 1 rings (SSSR count). The fourth-order valence-electron chi connectivity index (χ4n) is 0.749. The summed E-state index contributed by atoms with van der Waals surface area (Å²) in [6, 6.07) is 0. The molecule has 0 amide bonds. The van der Waals surface area contributed by atoms with E-state index < -0.39 is 0 Å². The molecule has 0 saturated carbocycles. The fraction of sp³-hybridized carbons (Fsp3) is 0.429. The number of thioether (sulfide) groups is 1. The number of allylic oxidation sites excluding steroid dienone is 2. The average molecular weight is 219 g/mol. The quantitative estimate of drug-likeness (QED) is 0.530. The van der Waals surface area contributed by atoms with Crippen molar-refractivity contribution in [1.82, 2.24) is 0 Å². The van der Waals surface area contributed by atoms with Crippen molar-refractivity contribution in [3.63, 3.8) is 0 Å². The van der Waals surface area contributed by atoms with E-state index in [1.165, 1.54) is 4.24 Å². The van der Waals surface area contributed by atoms with Crippen molar-refractivity contribution in [3.8, 4) is 0 Å². The maximum absolute atomic E-state index is 10.4. The van der Waals surface area contributed by atoms with E-state index in [2.05, 4.69) is 5.18 Å². The van der Waals surface area contributed by atoms with Crippen LogP contribution in [-0.4, -0.2) is 6.26 Å². The fourth-order valence-corrected chi connectivity index (χ4v) is 4.20. The van der Waals surface area contributed by atoms with Gasteiger partial charge in [-0.3, -0.25) is 0 Å². The molecule has 0 aromatic rings. The molecule has 0 saturated heterocycles. The highest BCUT2D eigenvalue weighted by Crippen LogP contribution is 2.50. The van der Waals surface area contributed by atoms with Crippen molar-refractivity contribution in [2.75, 3.05) is 6.26 Å². The van der Waals surface area contributed by atoms with E-state index in [1.54, 1.807) is 33.3 Å². The lowest BCUT2D eigenvalue weighted by atomic mass is 10.3. The monoisotopic (exact) mass is 219 g/mol. The summed E-state index contributed by atoms with van der Waals surface area (Å²) in [5.74, 6) is 0. The Kier molecular flexibility index (Phi) is 4.25. The molecule has 0 N–H and O–H groups in total. The van der Waals surface area contributed by atoms with Gasteiger partial charge in [0.1, 0.15) is 0 Å². The smallest absolute Gasteiger partial charge is 0.0990 e. The van der Waals surface area contributed by atoms with Crippen molar-refractivity contribution in [2.45, 2.75) is 13.3 Å². The second-order valence-corrected chi connectivity index (χ2v) is 5.41. The summed E-state index contributed by atoms with van der Waals surface area (Å²) in [5.41, 5.74) is 0.663. The molecule has 0 aromatic heterocycles. The molecular weight excluding hydrogens is 210 g/mol. The Morgan fingerprint density at radius 1 is 1.67 bits per heavy atom. The maximum Gasteiger partial charge on any atom is 0.0990 e. The standard InChI is InChI=1S/C7H9NOS3/c1-3-5(8-9)6-4-7(10-2)12-11-6/h4H,3H2,1-2H3/b6-5-. The summed E-state index contributed by atoms with van der Waals surface area (Å²) in [5, 5.41) is 3.00. The Labute approximate surface area is 84.0 Å². The molecule has 2 nitrogen and oxygen atoms in total. The van der Waals surface area contributed by atoms with Gasteiger partial charge in [-0.2, -0.15) is 0 Å². The molecule has 0 aliphatic carbocycles. The number of nitrogens with zero attached hydrogens (tertiary/aromatic N) is 1. The Balaban J connectivity index is 2.83. The third kappa shape index (κ3) is 2.31. The average Bonchev–Trinajstić information content (AvgIpc) is 2.55. The minimum atomic E-state index is 0.663. The highest BCUT2D eigenvalue weighted by atomic mass is 33.1. The molecule has 1 aliphatic heterocycles. The molecule has 0 radical (unpaired) electrons. The van der Waals surface area contributed by atoms with Crippen LogP contribution in [0.5, 0.6) is 0 Å². The molecule has 0 unspecified atom stereocenters. The lowest BCUT2D eigenvalue weighted by Gasteiger charge is -1.93. The second kappa shape index (κ2) is 4.99. The Morgan fingerprint density at radius 2 is 2.42 bits per heavy atom. The summed E-state index contributed by atoms with van der Waals surface area (Å²) in [7, 11) is 3.31. The van der Waals surface area contributed by atoms with Crippen LogP contribution in [0.2, 0.25) is 0 Å². The van der Waals surface area contributed by atoms with Gasteiger partial charge >= 0.3 is 0 Å². The number of rotatable bonds is 3. The largest absolute Gasteiger partial charge is 0.145 e. The summed E-state index contributed by atoms with van der Waals surface area (Å²) in [6.07, 6.45) is 4.77. The van der Waals surface area contributed by atoms with Gasteiger partial charge in [0.15, 0.2) is 0 Å². The van der Waals surface area contributed by atoms with Crippen LogP contribution in [-0.2, 0) is 0 Å². The Hall–Kier alpha value is 0.130. The Morgan fingerprint density at radius 3 is 2.83 bits per heavy atom. The molecule has 0 atom stereocenters. The van der Waals surface area contributed by atoms with Crippen LogP contribution in [0.3, 0.4) is 0 Å². The maximum atomic E-state index is 10.4. The molecule has 12 heavy (non-hydrogen) atoms. The van der Waals surface area contributed by atoms with Crippen LogP contribution >= 0.6 is 33.3 Å². The van der Waals surface area contributed by atoms with E-state index in [9.17, 15) is 4.91 Å². The lowest BCUT2D eigenvalue weighted by molar-refractivity contribution is 1.06. The van der Waals surface area contributed by atoms with Gasteiger partial charge in [0.05, 0.1) is 9.93 Å². The topological polar surface area (TPSA) is 29.4 Å². The van der Waals surface area contributed by atoms with Crippen LogP contribution in [0.1, 0.15) is 13.3 Å². The number of hydrogen-bond acceptors (Lipinski definition) is 5. The first-order valence-corrected chi connectivity index (χ1v) is 6.86. The normalized spacial score (nSPS) is 20.7. The SMILES string of the molecule is CC/C(N=O)=C1\C=C(SC)SS1. The van der Waals surface area contributed by atoms with E-state index in [0.29, 0.717) is 12.1 Å². The van der Waals surface area contributed by atoms with Gasteiger partial charge in [0, 0.05) is 4.91 Å². The third-order valence-corrected chi connectivity index (χ3v) is 5.21. The van der Waals surface area contributed by atoms with E-state index in [0.717, 1.165) is 4.91 Å². The second-order valence-electron chi connectivity index (χ2n) is 2.09. The minimum absolute atomic E-state index is 0.663. The molecule has 0 spiro atoms. The molecule has 0 aromatic carbocycles. The first-order valence-electron chi connectivity index (χ1n) is 3.48. The zero-order valence-corrected chi connectivity index (χ0v) is 9.31. The zero-order chi connectivity index (χ0) is 8.97. The zero-order valence-electron chi connectivity index (χ0n) is 6.86. The third-order valence-electron chi connectivity index (χ3n) is 1.39. The van der Waals surface area contributed by atoms with E-state index in [1.807, 2.05) is 19.3 Å². The van der Waals surface area contributed by atoms with Gasteiger partial charge in [-0.1, -0.05) is 6.92 Å². The van der Waals surface area contributed by atoms with Gasteiger partial charge in [0.25, 0.3) is 0 Å². The number of hydrogen-bond donors (Lipinski definition) is 0. The molecule has 0 fully saturated rings. The predicted octanol–water partition coefficient (Wildman–Crippen LogP) is 3.97. The molecule has 0 bridgehead atoms. The van der Waals surface area contributed by atoms with Crippen molar-refractivity contribution in [2.24, 2.45) is 5.18 Å². The van der Waals surface area contributed by atoms with Gasteiger partial charge in [-0.15, -0.1) is 16.7 Å². The summed E-state index contributed by atoms with van der Waals surface area (Å²) < 4.78 is 1.24. The van der Waals surface area contributed by atoms with Crippen LogP contribution in [0.4, 0.5) is 0 Å². The van der Waals surface area contributed by atoms with Crippen LogP contribution in [0.15, 0.2) is 26.1 Å². The van der Waals surface area contributed by atoms with Gasteiger partial charge in [0.2, 0.25) is 0 Å². The number of nitroso groups, excluding NO2 is 1. The minimum Gasteiger partial charge on any atom is -0.145 e. The highest BCUT2D eigenvalue weighted by molar-refractivity contribution is 8.82. The highest BCUT2D eigenvalue weighted by Gasteiger charge is 2.14. The van der Waals surface area contributed by atoms with E-state index in [4.69, 9.17) is 0 Å². The van der Waals surface area contributed by atoms with Crippen molar-refractivity contribution in [1.29, 1.82) is 0 Å². The molecule has 66 valence electrons. The van der Waals surface area contributed by atoms with Gasteiger partial charge in [-0.05, 0) is 45.5 Å². The predicted molar refractivity (Wildman–Crippen MR) is 59.9 cm³/mol. The van der Waals surface area contributed by atoms with Crippen molar-refractivity contribution < 1.29 is 0 Å². The summed E-state index contributed by atoms with van der Waals surface area (Å²) >= 11 is 1.70. The van der Waals surface area contributed by atoms with E-state index >= 15 is 0 Å². The summed E-state index contributed by atoms with van der Waals surface area (Å²) in [4.78, 5) is 11.4.